The van der Waals surface area contributed by atoms with E-state index in [4.69, 9.17) is 21.3 Å². The van der Waals surface area contributed by atoms with E-state index >= 15 is 0 Å². The summed E-state index contributed by atoms with van der Waals surface area (Å²) in [6.07, 6.45) is 3.07. The lowest BCUT2D eigenvalue weighted by atomic mass is 10.1. The van der Waals surface area contributed by atoms with Gasteiger partial charge < -0.3 is 24.4 Å². The van der Waals surface area contributed by atoms with Crippen molar-refractivity contribution in [3.8, 4) is 5.75 Å². The summed E-state index contributed by atoms with van der Waals surface area (Å²) in [4.78, 5) is 9.49. The second-order valence-electron chi connectivity index (χ2n) is 7.58. The van der Waals surface area contributed by atoms with Gasteiger partial charge in [0, 0.05) is 52.2 Å². The van der Waals surface area contributed by atoms with Crippen molar-refractivity contribution in [3.05, 3.63) is 47.2 Å². The van der Waals surface area contributed by atoms with Crippen LogP contribution in [0, 0.1) is 5.92 Å². The van der Waals surface area contributed by atoms with Crippen molar-refractivity contribution in [3.63, 3.8) is 0 Å². The third kappa shape index (κ3) is 5.38. The van der Waals surface area contributed by atoms with Gasteiger partial charge in [-0.15, -0.1) is 0 Å². The van der Waals surface area contributed by atoms with Gasteiger partial charge in [-0.1, -0.05) is 23.7 Å². The Hall–Kier alpha value is -2.34. The van der Waals surface area contributed by atoms with Gasteiger partial charge in [-0.25, -0.2) is 0 Å². The number of nitrogens with one attached hydrogen (secondary N) is 1. The van der Waals surface area contributed by atoms with Gasteiger partial charge >= 0.3 is 0 Å². The fraction of sp³-hybridized carbons (Fsp3) is 0.500. The van der Waals surface area contributed by atoms with Crippen LogP contribution in [0.4, 0.5) is 5.69 Å². The number of guanidine groups is 1. The Labute approximate surface area is 179 Å². The first-order valence-electron chi connectivity index (χ1n) is 10.2. The van der Waals surface area contributed by atoms with Gasteiger partial charge in [0.25, 0.3) is 0 Å². The zero-order valence-corrected chi connectivity index (χ0v) is 18.6. The minimum atomic E-state index is 0.534. The van der Waals surface area contributed by atoms with Crippen molar-refractivity contribution in [1.82, 2.24) is 14.8 Å². The number of nitrogens with zero attached hydrogens (tertiary/aromatic N) is 4. The summed E-state index contributed by atoms with van der Waals surface area (Å²) >= 11 is 6.12. The first-order valence-corrected chi connectivity index (χ1v) is 10.6. The van der Waals surface area contributed by atoms with E-state index in [-0.39, 0.29) is 0 Å². The number of aromatic nitrogens is 1. The number of rotatable bonds is 7. The summed E-state index contributed by atoms with van der Waals surface area (Å²) in [6, 6.07) is 10.2. The number of ether oxygens (including phenoxy) is 1. The molecule has 0 radical (unpaired) electrons. The molecule has 1 atom stereocenters. The number of aliphatic imine (C=N–C) groups is 1. The number of anilines is 1. The maximum Gasteiger partial charge on any atom is 0.194 e. The third-order valence-electron chi connectivity index (χ3n) is 5.38. The number of halogens is 1. The zero-order valence-electron chi connectivity index (χ0n) is 17.9. The first-order chi connectivity index (χ1) is 14.0. The summed E-state index contributed by atoms with van der Waals surface area (Å²) in [5.74, 6) is 2.40. The van der Waals surface area contributed by atoms with Crippen LogP contribution in [0.3, 0.4) is 0 Å². The summed E-state index contributed by atoms with van der Waals surface area (Å²) < 4.78 is 7.59. The predicted molar refractivity (Wildman–Crippen MR) is 121 cm³/mol. The molecule has 0 spiro atoms. The van der Waals surface area contributed by atoms with E-state index in [0.717, 1.165) is 61.6 Å². The van der Waals surface area contributed by atoms with Gasteiger partial charge in [-0.3, -0.25) is 4.99 Å². The number of hydrogen-bond acceptors (Lipinski definition) is 3. The van der Waals surface area contributed by atoms with Crippen molar-refractivity contribution < 1.29 is 4.74 Å². The fourth-order valence-corrected chi connectivity index (χ4v) is 4.09. The minimum absolute atomic E-state index is 0.534. The summed E-state index contributed by atoms with van der Waals surface area (Å²) in [5.41, 5.74) is 2.33. The van der Waals surface area contributed by atoms with Crippen LogP contribution in [-0.4, -0.2) is 55.8 Å². The van der Waals surface area contributed by atoms with Crippen molar-refractivity contribution in [1.29, 1.82) is 0 Å². The molecule has 0 aliphatic carbocycles. The smallest absolute Gasteiger partial charge is 0.194 e. The lowest BCUT2D eigenvalue weighted by Gasteiger charge is -2.23. The number of aryl methyl sites for hydroxylation is 1. The predicted octanol–water partition coefficient (Wildman–Crippen LogP) is 3.61. The Kier molecular flexibility index (Phi) is 7.31. The monoisotopic (exact) mass is 417 g/mol. The second-order valence-corrected chi connectivity index (χ2v) is 8.02. The van der Waals surface area contributed by atoms with Crippen LogP contribution < -0.4 is 15.0 Å². The van der Waals surface area contributed by atoms with Crippen molar-refractivity contribution in [2.24, 2.45) is 18.0 Å². The number of benzene rings is 1. The van der Waals surface area contributed by atoms with E-state index < -0.39 is 0 Å². The highest BCUT2D eigenvalue weighted by Gasteiger charge is 2.24. The lowest BCUT2D eigenvalue weighted by molar-refractivity contribution is 0.414. The molecule has 0 bridgehead atoms. The lowest BCUT2D eigenvalue weighted by Crippen LogP contribution is -2.39. The summed E-state index contributed by atoms with van der Waals surface area (Å²) in [5, 5.41) is 4.18. The molecule has 158 valence electrons. The van der Waals surface area contributed by atoms with Crippen LogP contribution in [0.25, 0.3) is 0 Å². The van der Waals surface area contributed by atoms with Gasteiger partial charge in [0.05, 0.1) is 24.4 Å². The Balaban J connectivity index is 1.62. The zero-order chi connectivity index (χ0) is 20.8. The van der Waals surface area contributed by atoms with Crippen molar-refractivity contribution in [2.75, 3.05) is 45.2 Å². The van der Waals surface area contributed by atoms with E-state index in [9.17, 15) is 0 Å². The maximum absolute atomic E-state index is 6.12. The van der Waals surface area contributed by atoms with Gasteiger partial charge in [-0.05, 0) is 37.5 Å². The topological polar surface area (TPSA) is 45.0 Å². The minimum Gasteiger partial charge on any atom is -0.495 e. The van der Waals surface area contributed by atoms with Crippen molar-refractivity contribution in [2.45, 2.75) is 19.9 Å². The van der Waals surface area contributed by atoms with E-state index in [1.807, 2.05) is 31.4 Å². The van der Waals surface area contributed by atoms with Crippen LogP contribution in [-0.2, 0) is 13.6 Å². The van der Waals surface area contributed by atoms with Gasteiger partial charge in [0.1, 0.15) is 5.75 Å². The molecule has 1 aromatic carbocycles. The molecule has 0 amide bonds. The Morgan fingerprint density at radius 1 is 1.38 bits per heavy atom. The SMILES string of the molecule is CCNC(=NCC1CCN(c2ccccc2OC)C1)N(C)Cc1cc(Cl)cn1C. The molecule has 1 aliphatic heterocycles. The van der Waals surface area contributed by atoms with Crippen LogP contribution in [0.2, 0.25) is 5.02 Å². The molecule has 6 nitrogen and oxygen atoms in total. The molecule has 1 fully saturated rings. The van der Waals surface area contributed by atoms with E-state index in [0.29, 0.717) is 5.92 Å². The molecule has 7 heteroatoms. The molecule has 3 rings (SSSR count). The molecule has 1 unspecified atom stereocenters. The molecule has 1 N–H and O–H groups in total. The van der Waals surface area contributed by atoms with Gasteiger partial charge in [0.2, 0.25) is 0 Å². The molecule has 29 heavy (non-hydrogen) atoms. The van der Waals surface area contributed by atoms with Gasteiger partial charge in [0.15, 0.2) is 5.96 Å². The molecule has 1 saturated heterocycles. The quantitative estimate of drug-likeness (QED) is 0.552. The molecule has 0 saturated carbocycles. The third-order valence-corrected chi connectivity index (χ3v) is 5.59. The van der Waals surface area contributed by atoms with Crippen LogP contribution in [0.1, 0.15) is 19.0 Å². The average molecular weight is 418 g/mol. The fourth-order valence-electron chi connectivity index (χ4n) is 3.82. The number of methoxy groups -OCH3 is 1. The first kappa shape index (κ1) is 21.4. The molecular weight excluding hydrogens is 386 g/mol. The highest BCUT2D eigenvalue weighted by molar-refractivity contribution is 6.30. The van der Waals surface area contributed by atoms with Crippen LogP contribution in [0.15, 0.2) is 41.5 Å². The largest absolute Gasteiger partial charge is 0.495 e. The average Bonchev–Trinajstić information content (AvgIpc) is 3.31. The number of para-hydroxylation sites is 2. The van der Waals surface area contributed by atoms with E-state index in [1.54, 1.807) is 7.11 Å². The van der Waals surface area contributed by atoms with Crippen LogP contribution >= 0.6 is 11.6 Å². The highest BCUT2D eigenvalue weighted by Crippen LogP contribution is 2.32. The highest BCUT2D eigenvalue weighted by atomic mass is 35.5. The molecular formula is C22H32ClN5O. The molecule has 1 aliphatic rings. The maximum atomic E-state index is 6.12. The summed E-state index contributed by atoms with van der Waals surface area (Å²) in [7, 11) is 5.82. The molecule has 1 aromatic heterocycles. The molecule has 2 aromatic rings. The standard InChI is InChI=1S/C22H32ClN5O/c1-5-24-22(27(3)16-19-12-18(23)15-26(19)2)25-13-17-10-11-28(14-17)20-8-6-7-9-21(20)29-4/h6-9,12,15,17H,5,10-11,13-14,16H2,1-4H3,(H,24,25). The van der Waals surface area contributed by atoms with E-state index in [2.05, 4.69) is 45.8 Å². The van der Waals surface area contributed by atoms with Crippen molar-refractivity contribution >= 4 is 23.2 Å². The Morgan fingerprint density at radius 3 is 2.86 bits per heavy atom. The summed E-state index contributed by atoms with van der Waals surface area (Å²) in [6.45, 7) is 6.55. The van der Waals surface area contributed by atoms with E-state index in [1.165, 1.54) is 5.69 Å². The molecule has 2 heterocycles. The Bertz CT molecular complexity index is 834. The normalized spacial score (nSPS) is 16.9. The number of hydrogen-bond donors (Lipinski definition) is 1. The Morgan fingerprint density at radius 2 is 2.17 bits per heavy atom. The van der Waals surface area contributed by atoms with Crippen LogP contribution in [0.5, 0.6) is 5.75 Å². The second kappa shape index (κ2) is 9.92. The van der Waals surface area contributed by atoms with Gasteiger partial charge in [-0.2, -0.15) is 0 Å².